The summed E-state index contributed by atoms with van der Waals surface area (Å²) in [5, 5.41) is 7.55. The van der Waals surface area contributed by atoms with Crippen LogP contribution in [0.1, 0.15) is 48.7 Å². The molecule has 0 bridgehead atoms. The van der Waals surface area contributed by atoms with Crippen molar-refractivity contribution in [2.45, 2.75) is 38.8 Å². The molecule has 6 heteroatoms. The molecule has 6 nitrogen and oxygen atoms in total. The van der Waals surface area contributed by atoms with Gasteiger partial charge in [-0.3, -0.25) is 9.59 Å². The molecule has 3 N–H and O–H groups in total. The maximum absolute atomic E-state index is 13.5. The van der Waals surface area contributed by atoms with Crippen molar-refractivity contribution in [1.82, 2.24) is 20.5 Å². The lowest BCUT2D eigenvalue weighted by atomic mass is 9.95. The van der Waals surface area contributed by atoms with Gasteiger partial charge in [-0.2, -0.15) is 0 Å². The number of H-pyrrole nitrogens is 1. The van der Waals surface area contributed by atoms with E-state index in [4.69, 9.17) is 0 Å². The SMILES string of the molecule is CC(C)NCC1CCN(C(=O)[C@H](NC(=O)c2ccc3cc[nH]c3c2)c2ccccc2)CC1. The minimum atomic E-state index is -0.701. The number of aromatic nitrogens is 1. The van der Waals surface area contributed by atoms with Crippen LogP contribution in [0.15, 0.2) is 60.8 Å². The van der Waals surface area contributed by atoms with Crippen LogP contribution < -0.4 is 10.6 Å². The fraction of sp³-hybridized carbons (Fsp3) is 0.385. The molecule has 0 radical (unpaired) electrons. The third kappa shape index (κ3) is 5.19. The van der Waals surface area contributed by atoms with Crippen molar-refractivity contribution in [3.8, 4) is 0 Å². The fourth-order valence-electron chi connectivity index (χ4n) is 4.28. The summed E-state index contributed by atoms with van der Waals surface area (Å²) in [6.07, 6.45) is 3.80. The van der Waals surface area contributed by atoms with E-state index in [2.05, 4.69) is 29.5 Å². The lowest BCUT2D eigenvalue weighted by Gasteiger charge is -2.35. The van der Waals surface area contributed by atoms with Gasteiger partial charge in [0.2, 0.25) is 5.91 Å². The number of rotatable bonds is 7. The third-order valence-electron chi connectivity index (χ3n) is 6.21. The van der Waals surface area contributed by atoms with E-state index in [1.54, 1.807) is 6.07 Å². The lowest BCUT2D eigenvalue weighted by molar-refractivity contribution is -0.134. The highest BCUT2D eigenvalue weighted by atomic mass is 16.2. The number of aromatic amines is 1. The molecule has 0 saturated carbocycles. The quantitative estimate of drug-likeness (QED) is 0.530. The molecule has 4 rings (SSSR count). The normalized spacial score (nSPS) is 15.8. The summed E-state index contributed by atoms with van der Waals surface area (Å²) in [4.78, 5) is 31.6. The van der Waals surface area contributed by atoms with E-state index in [-0.39, 0.29) is 11.8 Å². The van der Waals surface area contributed by atoms with E-state index < -0.39 is 6.04 Å². The highest BCUT2D eigenvalue weighted by Crippen LogP contribution is 2.23. The van der Waals surface area contributed by atoms with E-state index in [0.29, 0.717) is 17.5 Å². The van der Waals surface area contributed by atoms with Crippen LogP contribution in [-0.2, 0) is 4.79 Å². The Bertz CT molecular complexity index is 1050. The number of carbonyl (C=O) groups excluding carboxylic acids is 2. The second-order valence-electron chi connectivity index (χ2n) is 8.93. The molecule has 1 aliphatic heterocycles. The first-order valence-corrected chi connectivity index (χ1v) is 11.5. The number of hydrogen-bond donors (Lipinski definition) is 3. The number of benzene rings is 2. The topological polar surface area (TPSA) is 77.2 Å². The van der Waals surface area contributed by atoms with Crippen molar-refractivity contribution in [2.75, 3.05) is 19.6 Å². The van der Waals surface area contributed by atoms with Crippen molar-refractivity contribution in [1.29, 1.82) is 0 Å². The van der Waals surface area contributed by atoms with Crippen LogP contribution in [0.4, 0.5) is 0 Å². The second kappa shape index (κ2) is 10.0. The van der Waals surface area contributed by atoms with Gasteiger partial charge in [-0.05, 0) is 54.5 Å². The maximum Gasteiger partial charge on any atom is 0.252 e. The predicted molar refractivity (Wildman–Crippen MR) is 127 cm³/mol. The number of nitrogens with zero attached hydrogens (tertiary/aromatic N) is 1. The van der Waals surface area contributed by atoms with Gasteiger partial charge in [0.1, 0.15) is 6.04 Å². The van der Waals surface area contributed by atoms with Crippen molar-refractivity contribution < 1.29 is 9.59 Å². The van der Waals surface area contributed by atoms with Crippen molar-refractivity contribution in [2.24, 2.45) is 5.92 Å². The van der Waals surface area contributed by atoms with Gasteiger partial charge >= 0.3 is 0 Å². The summed E-state index contributed by atoms with van der Waals surface area (Å²) in [6.45, 7) is 6.73. The summed E-state index contributed by atoms with van der Waals surface area (Å²) in [5.41, 5.74) is 2.24. The molecule has 1 fully saturated rings. The van der Waals surface area contributed by atoms with Crippen molar-refractivity contribution >= 4 is 22.7 Å². The fourth-order valence-corrected chi connectivity index (χ4v) is 4.28. The molecule has 2 heterocycles. The zero-order valence-electron chi connectivity index (χ0n) is 18.8. The van der Waals surface area contributed by atoms with Gasteiger partial charge in [0.25, 0.3) is 5.91 Å². The monoisotopic (exact) mass is 432 g/mol. The lowest BCUT2D eigenvalue weighted by Crippen LogP contribution is -2.47. The molecule has 2 amide bonds. The van der Waals surface area contributed by atoms with Crippen LogP contribution in [0.2, 0.25) is 0 Å². The highest BCUT2D eigenvalue weighted by molar-refractivity contribution is 6.00. The molecule has 1 saturated heterocycles. The predicted octanol–water partition coefficient (Wildman–Crippen LogP) is 3.88. The van der Waals surface area contributed by atoms with E-state index >= 15 is 0 Å². The van der Waals surface area contributed by atoms with Crippen LogP contribution in [0, 0.1) is 5.92 Å². The Morgan fingerprint density at radius 1 is 1.06 bits per heavy atom. The van der Waals surface area contributed by atoms with Gasteiger partial charge in [-0.25, -0.2) is 0 Å². The van der Waals surface area contributed by atoms with Crippen LogP contribution in [0.5, 0.6) is 0 Å². The molecule has 32 heavy (non-hydrogen) atoms. The van der Waals surface area contributed by atoms with E-state index in [0.717, 1.165) is 48.9 Å². The summed E-state index contributed by atoms with van der Waals surface area (Å²) < 4.78 is 0. The first-order valence-electron chi connectivity index (χ1n) is 11.5. The zero-order chi connectivity index (χ0) is 22.5. The van der Waals surface area contributed by atoms with Crippen LogP contribution in [-0.4, -0.2) is 47.4 Å². The number of likely N-dealkylation sites (tertiary alicyclic amines) is 1. The summed E-state index contributed by atoms with van der Waals surface area (Å²) in [6, 6.07) is 16.8. The molecule has 168 valence electrons. The van der Waals surface area contributed by atoms with Crippen molar-refractivity contribution in [3.63, 3.8) is 0 Å². The molecule has 1 atom stereocenters. The number of carbonyl (C=O) groups is 2. The Balaban J connectivity index is 1.47. The maximum atomic E-state index is 13.5. The summed E-state index contributed by atoms with van der Waals surface area (Å²) >= 11 is 0. The molecule has 2 aromatic carbocycles. The first kappa shape index (κ1) is 22.1. The van der Waals surface area contributed by atoms with Crippen LogP contribution in [0.3, 0.4) is 0 Å². The molecule has 0 spiro atoms. The van der Waals surface area contributed by atoms with Crippen LogP contribution in [0.25, 0.3) is 10.9 Å². The Labute approximate surface area is 189 Å². The molecule has 0 aliphatic carbocycles. The van der Waals surface area contributed by atoms with Gasteiger partial charge < -0.3 is 20.5 Å². The Morgan fingerprint density at radius 3 is 2.53 bits per heavy atom. The second-order valence-corrected chi connectivity index (χ2v) is 8.93. The van der Waals surface area contributed by atoms with Crippen molar-refractivity contribution in [3.05, 3.63) is 71.9 Å². The number of nitrogens with one attached hydrogen (secondary N) is 3. The summed E-state index contributed by atoms with van der Waals surface area (Å²) in [5.74, 6) is 0.291. The number of piperidine rings is 1. The Hall–Kier alpha value is -3.12. The zero-order valence-corrected chi connectivity index (χ0v) is 18.8. The smallest absolute Gasteiger partial charge is 0.252 e. The minimum Gasteiger partial charge on any atom is -0.361 e. The first-order chi connectivity index (χ1) is 15.5. The molecular formula is C26H32N4O2. The Morgan fingerprint density at radius 2 is 1.81 bits per heavy atom. The molecule has 3 aromatic rings. The minimum absolute atomic E-state index is 0.0410. The summed E-state index contributed by atoms with van der Waals surface area (Å²) in [7, 11) is 0. The number of amides is 2. The van der Waals surface area contributed by atoms with Gasteiger partial charge in [-0.15, -0.1) is 0 Å². The standard InChI is InChI=1S/C26H32N4O2/c1-18(2)28-17-19-11-14-30(15-12-19)26(32)24(21-6-4-3-5-7-21)29-25(31)22-9-8-20-10-13-27-23(20)16-22/h3-10,13,16,18-19,24,27-28H,11-12,14-15,17H2,1-2H3,(H,29,31)/t24-/m1/s1. The molecular weight excluding hydrogens is 400 g/mol. The largest absolute Gasteiger partial charge is 0.361 e. The van der Waals surface area contributed by atoms with Gasteiger partial charge in [0, 0.05) is 36.4 Å². The number of fused-ring (bicyclic) bond motifs is 1. The molecule has 1 aliphatic rings. The average Bonchev–Trinajstić information content (AvgIpc) is 3.29. The van der Waals surface area contributed by atoms with Gasteiger partial charge in [-0.1, -0.05) is 50.2 Å². The number of hydrogen-bond acceptors (Lipinski definition) is 3. The van der Waals surface area contributed by atoms with E-state index in [1.165, 1.54) is 0 Å². The average molecular weight is 433 g/mol. The highest BCUT2D eigenvalue weighted by Gasteiger charge is 2.30. The Kier molecular flexibility index (Phi) is 6.90. The van der Waals surface area contributed by atoms with E-state index in [9.17, 15) is 9.59 Å². The van der Waals surface area contributed by atoms with Gasteiger partial charge in [0.05, 0.1) is 0 Å². The van der Waals surface area contributed by atoms with Crippen LogP contribution >= 0.6 is 0 Å². The van der Waals surface area contributed by atoms with Gasteiger partial charge in [0.15, 0.2) is 0 Å². The van der Waals surface area contributed by atoms with E-state index in [1.807, 2.05) is 59.6 Å². The molecule has 1 aromatic heterocycles. The molecule has 0 unspecified atom stereocenters. The third-order valence-corrected chi connectivity index (χ3v) is 6.21.